The Morgan fingerprint density at radius 3 is 2.57 bits per heavy atom. The Bertz CT molecular complexity index is 777. The van der Waals surface area contributed by atoms with Crippen LogP contribution in [-0.2, 0) is 23.5 Å². The molecule has 0 saturated carbocycles. The lowest BCUT2D eigenvalue weighted by Gasteiger charge is -2.30. The van der Waals surface area contributed by atoms with Crippen LogP contribution in [0, 0.1) is 5.92 Å². The molecule has 2 aromatic heterocycles. The number of aromatic nitrogens is 3. The number of rotatable bonds is 4. The maximum atomic E-state index is 11.6. The lowest BCUT2D eigenvalue weighted by molar-refractivity contribution is 0.273. The molecule has 0 aliphatic carbocycles. The third-order valence-corrected chi connectivity index (χ3v) is 5.73. The minimum absolute atomic E-state index is 0.488. The second kappa shape index (κ2) is 6.41. The molecule has 6 nitrogen and oxygen atoms in total. The summed E-state index contributed by atoms with van der Waals surface area (Å²) in [4.78, 5) is 4.75. The summed E-state index contributed by atoms with van der Waals surface area (Å²) in [5.74, 6) is 0.488. The van der Waals surface area contributed by atoms with Crippen LogP contribution in [-0.4, -0.2) is 46.8 Å². The molecule has 1 aliphatic rings. The van der Waals surface area contributed by atoms with Gasteiger partial charge in [-0.2, -0.15) is 5.10 Å². The fourth-order valence-corrected chi connectivity index (χ4v) is 3.98. The number of sulfonamides is 1. The number of aryl methyl sites for hydroxylation is 1. The van der Waals surface area contributed by atoms with E-state index in [1.165, 1.54) is 6.26 Å². The number of pyridine rings is 1. The van der Waals surface area contributed by atoms with Gasteiger partial charge < -0.3 is 0 Å². The Labute approximate surface area is 137 Å². The highest BCUT2D eigenvalue weighted by Crippen LogP contribution is 2.23. The third kappa shape index (κ3) is 3.79. The van der Waals surface area contributed by atoms with E-state index in [-0.39, 0.29) is 0 Å². The summed E-state index contributed by atoms with van der Waals surface area (Å²) in [6, 6.07) is 8.02. The molecule has 3 heterocycles. The van der Waals surface area contributed by atoms with E-state index in [4.69, 9.17) is 4.98 Å². The van der Waals surface area contributed by atoms with Gasteiger partial charge in [0, 0.05) is 32.0 Å². The largest absolute Gasteiger partial charge is 0.266 e. The summed E-state index contributed by atoms with van der Waals surface area (Å²) in [7, 11) is -1.15. The van der Waals surface area contributed by atoms with E-state index >= 15 is 0 Å². The normalized spacial score (nSPS) is 17.5. The van der Waals surface area contributed by atoms with Crippen molar-refractivity contribution in [2.75, 3.05) is 19.3 Å². The van der Waals surface area contributed by atoms with E-state index in [0.717, 1.165) is 36.3 Å². The summed E-state index contributed by atoms with van der Waals surface area (Å²) in [6.07, 6.45) is 5.73. The van der Waals surface area contributed by atoms with Crippen molar-refractivity contribution in [2.45, 2.75) is 19.3 Å². The van der Waals surface area contributed by atoms with Crippen molar-refractivity contribution in [3.05, 3.63) is 36.2 Å². The summed E-state index contributed by atoms with van der Waals surface area (Å²) in [5, 5.41) is 4.18. The summed E-state index contributed by atoms with van der Waals surface area (Å²) in [5.41, 5.74) is 2.98. The molecule has 3 rings (SSSR count). The van der Waals surface area contributed by atoms with Crippen molar-refractivity contribution < 1.29 is 8.42 Å². The van der Waals surface area contributed by atoms with Gasteiger partial charge in [-0.3, -0.25) is 9.67 Å². The fourth-order valence-electron chi connectivity index (χ4n) is 3.10. The van der Waals surface area contributed by atoms with Crippen LogP contribution >= 0.6 is 0 Å². The Balaban J connectivity index is 1.67. The first-order chi connectivity index (χ1) is 10.9. The molecule has 0 radical (unpaired) electrons. The van der Waals surface area contributed by atoms with Gasteiger partial charge in [-0.25, -0.2) is 12.7 Å². The van der Waals surface area contributed by atoms with Crippen LogP contribution in [0.25, 0.3) is 11.4 Å². The first-order valence-electron chi connectivity index (χ1n) is 7.83. The molecule has 0 aromatic carbocycles. The summed E-state index contributed by atoms with van der Waals surface area (Å²) >= 11 is 0. The Morgan fingerprint density at radius 2 is 1.96 bits per heavy atom. The van der Waals surface area contributed by atoms with E-state index in [1.54, 1.807) is 10.5 Å². The van der Waals surface area contributed by atoms with E-state index in [9.17, 15) is 8.42 Å². The predicted molar refractivity (Wildman–Crippen MR) is 89.3 cm³/mol. The maximum Gasteiger partial charge on any atom is 0.211 e. The number of piperidine rings is 1. The van der Waals surface area contributed by atoms with E-state index in [1.807, 2.05) is 36.0 Å². The Morgan fingerprint density at radius 1 is 1.22 bits per heavy atom. The van der Waals surface area contributed by atoms with Crippen LogP contribution in [0.3, 0.4) is 0 Å². The molecule has 0 amide bonds. The Hall–Kier alpha value is -1.73. The third-order valence-electron chi connectivity index (χ3n) is 4.43. The summed E-state index contributed by atoms with van der Waals surface area (Å²) in [6.45, 7) is 1.23. The van der Waals surface area contributed by atoms with Crippen molar-refractivity contribution in [1.82, 2.24) is 19.1 Å². The molecule has 0 spiro atoms. The molecule has 2 aromatic rings. The molecule has 1 saturated heterocycles. The van der Waals surface area contributed by atoms with Gasteiger partial charge >= 0.3 is 0 Å². The Kier molecular flexibility index (Phi) is 4.50. The summed E-state index contributed by atoms with van der Waals surface area (Å²) < 4.78 is 26.5. The van der Waals surface area contributed by atoms with Crippen LogP contribution < -0.4 is 0 Å². The van der Waals surface area contributed by atoms with E-state index < -0.39 is 10.0 Å². The van der Waals surface area contributed by atoms with Gasteiger partial charge in [-0.1, -0.05) is 6.07 Å². The first-order valence-corrected chi connectivity index (χ1v) is 9.68. The average Bonchev–Trinajstić information content (AvgIpc) is 2.93. The van der Waals surface area contributed by atoms with Gasteiger partial charge in [0.25, 0.3) is 0 Å². The highest BCUT2D eigenvalue weighted by molar-refractivity contribution is 7.88. The van der Waals surface area contributed by atoms with Crippen molar-refractivity contribution in [2.24, 2.45) is 13.0 Å². The fraction of sp³-hybridized carbons (Fsp3) is 0.500. The molecule has 1 aliphatic heterocycles. The maximum absolute atomic E-state index is 11.6. The topological polar surface area (TPSA) is 68.1 Å². The number of nitrogens with zero attached hydrogens (tertiary/aromatic N) is 4. The predicted octanol–water partition coefficient (Wildman–Crippen LogP) is 1.70. The molecule has 0 unspecified atom stereocenters. The van der Waals surface area contributed by atoms with Gasteiger partial charge in [-0.05, 0) is 43.4 Å². The standard InChI is InChI=1S/C16H22N4O2S/c1-19-16(6-9-17-19)15-5-3-4-14(18-15)12-13-7-10-20(11-8-13)23(2,21)22/h3-6,9,13H,7-8,10-12H2,1-2H3. The van der Waals surface area contributed by atoms with E-state index in [2.05, 4.69) is 5.10 Å². The molecule has 23 heavy (non-hydrogen) atoms. The van der Waals surface area contributed by atoms with Crippen LogP contribution in [0.4, 0.5) is 0 Å². The molecule has 1 fully saturated rings. The highest BCUT2D eigenvalue weighted by Gasteiger charge is 2.25. The first kappa shape index (κ1) is 16.1. The van der Waals surface area contributed by atoms with Gasteiger partial charge in [0.1, 0.15) is 0 Å². The van der Waals surface area contributed by atoms with Crippen molar-refractivity contribution in [3.8, 4) is 11.4 Å². The molecule has 7 heteroatoms. The zero-order valence-electron chi connectivity index (χ0n) is 13.5. The second-order valence-corrected chi connectivity index (χ2v) is 8.15. The molecular weight excluding hydrogens is 312 g/mol. The lowest BCUT2D eigenvalue weighted by Crippen LogP contribution is -2.38. The van der Waals surface area contributed by atoms with E-state index in [0.29, 0.717) is 19.0 Å². The van der Waals surface area contributed by atoms with Crippen LogP contribution in [0.5, 0.6) is 0 Å². The molecular formula is C16H22N4O2S. The lowest BCUT2D eigenvalue weighted by atomic mass is 9.93. The van der Waals surface area contributed by atoms with Gasteiger partial charge in [0.15, 0.2) is 0 Å². The van der Waals surface area contributed by atoms with Gasteiger partial charge in [-0.15, -0.1) is 0 Å². The smallest absolute Gasteiger partial charge is 0.211 e. The molecule has 124 valence electrons. The minimum atomic E-state index is -3.06. The minimum Gasteiger partial charge on any atom is -0.266 e. The van der Waals surface area contributed by atoms with Gasteiger partial charge in [0.05, 0.1) is 17.6 Å². The van der Waals surface area contributed by atoms with Crippen LogP contribution in [0.1, 0.15) is 18.5 Å². The monoisotopic (exact) mass is 334 g/mol. The quantitative estimate of drug-likeness (QED) is 0.853. The van der Waals surface area contributed by atoms with Gasteiger partial charge in [0.2, 0.25) is 10.0 Å². The molecule has 0 bridgehead atoms. The zero-order valence-corrected chi connectivity index (χ0v) is 14.3. The molecule has 0 atom stereocenters. The van der Waals surface area contributed by atoms with Crippen molar-refractivity contribution >= 4 is 10.0 Å². The van der Waals surface area contributed by atoms with Crippen molar-refractivity contribution in [3.63, 3.8) is 0 Å². The van der Waals surface area contributed by atoms with Crippen LogP contribution in [0.15, 0.2) is 30.5 Å². The zero-order chi connectivity index (χ0) is 16.4. The SMILES string of the molecule is Cn1nccc1-c1cccc(CC2CCN(S(C)(=O)=O)CC2)n1. The average molecular weight is 334 g/mol. The highest BCUT2D eigenvalue weighted by atomic mass is 32.2. The molecule has 0 N–H and O–H groups in total. The number of hydrogen-bond donors (Lipinski definition) is 0. The second-order valence-electron chi connectivity index (χ2n) is 6.16. The number of hydrogen-bond acceptors (Lipinski definition) is 4. The van der Waals surface area contributed by atoms with Crippen molar-refractivity contribution in [1.29, 1.82) is 0 Å². The van der Waals surface area contributed by atoms with Crippen LogP contribution in [0.2, 0.25) is 0 Å².